The van der Waals surface area contributed by atoms with Crippen LogP contribution in [0.15, 0.2) is 60.0 Å². The Morgan fingerprint density at radius 1 is 1.14 bits per heavy atom. The Kier molecular flexibility index (Phi) is 5.78. The molecule has 2 bridgehead atoms. The minimum atomic E-state index is -1.76. The molecule has 2 N–H and O–H groups in total. The number of fused-ring (bicyclic) bond motifs is 4. The molecule has 9 rings (SSSR count). The summed E-state index contributed by atoms with van der Waals surface area (Å²) >= 11 is 0. The maximum atomic E-state index is 13.5. The van der Waals surface area contributed by atoms with Gasteiger partial charge >= 0.3 is 0 Å². The van der Waals surface area contributed by atoms with Crippen molar-refractivity contribution < 1.29 is 6.48 Å². The van der Waals surface area contributed by atoms with Crippen LogP contribution in [0.4, 0.5) is 17.3 Å². The quantitative estimate of drug-likeness (QED) is 0.312. The molecule has 2 unspecified atom stereocenters. The maximum Gasteiger partial charge on any atom is 0.278 e. The van der Waals surface area contributed by atoms with Crippen molar-refractivity contribution in [3.8, 4) is 5.82 Å². The molecule has 1 aromatic carbocycles. The number of nitrogens with zero attached hydrogens (tertiary/aromatic N) is 7. The van der Waals surface area contributed by atoms with Crippen molar-refractivity contribution in [3.63, 3.8) is 0 Å². The topological polar surface area (TPSA) is 104 Å². The minimum absolute atomic E-state index is 0.237. The average Bonchev–Trinajstić information content (AvgIpc) is 3.76. The number of nitrogens with one attached hydrogen (secondary N) is 1. The molecule has 3 atom stereocenters. The van der Waals surface area contributed by atoms with Crippen molar-refractivity contribution in [3.05, 3.63) is 76.9 Å². The zero-order valence-electron chi connectivity index (χ0n) is 25.7. The molecule has 3 aromatic heterocycles. The van der Waals surface area contributed by atoms with Crippen molar-refractivity contribution in [2.24, 2.45) is 5.41 Å². The van der Waals surface area contributed by atoms with E-state index in [1.54, 1.807) is 10.8 Å². The van der Waals surface area contributed by atoms with Crippen LogP contribution in [0.2, 0.25) is 0 Å². The van der Waals surface area contributed by atoms with Gasteiger partial charge in [-0.15, -0.1) is 6.58 Å². The van der Waals surface area contributed by atoms with E-state index in [9.17, 15) is 9.90 Å². The molecule has 2 aliphatic carbocycles. The molecule has 0 radical (unpaired) electrons. The van der Waals surface area contributed by atoms with Crippen LogP contribution in [0.25, 0.3) is 16.9 Å². The fourth-order valence-corrected chi connectivity index (χ4v) is 7.57. The van der Waals surface area contributed by atoms with Crippen molar-refractivity contribution in [1.29, 1.82) is 0 Å². The van der Waals surface area contributed by atoms with Gasteiger partial charge in [0.25, 0.3) is 5.56 Å². The second-order valence-corrected chi connectivity index (χ2v) is 12.9. The Hall–Kier alpha value is -4.02. The smallest absolute Gasteiger partial charge is 0.278 e. The molecule has 4 aromatic rings. The van der Waals surface area contributed by atoms with Crippen molar-refractivity contribution in [2.45, 2.75) is 76.7 Å². The van der Waals surface area contributed by atoms with E-state index in [0.29, 0.717) is 46.6 Å². The summed E-state index contributed by atoms with van der Waals surface area (Å²) in [7, 11) is 0. The second kappa shape index (κ2) is 9.75. The second-order valence-electron chi connectivity index (χ2n) is 12.9. The van der Waals surface area contributed by atoms with Gasteiger partial charge in [0.15, 0.2) is 11.5 Å². The van der Waals surface area contributed by atoms with Crippen LogP contribution in [0.3, 0.4) is 0 Å². The van der Waals surface area contributed by atoms with Crippen LogP contribution in [-0.2, 0) is 13.0 Å². The summed E-state index contributed by atoms with van der Waals surface area (Å²) in [6, 6.07) is 13.9. The number of aliphatic hydroxyl groups is 1. The van der Waals surface area contributed by atoms with Gasteiger partial charge in [0.1, 0.15) is 11.5 Å². The van der Waals surface area contributed by atoms with E-state index in [1.165, 1.54) is 23.0 Å². The van der Waals surface area contributed by atoms with E-state index >= 15 is 0 Å². The number of benzene rings is 1. The zero-order valence-corrected chi connectivity index (χ0v) is 24.7. The summed E-state index contributed by atoms with van der Waals surface area (Å²) in [5.41, 5.74) is 3.01. The minimum Gasteiger partial charge on any atom is -0.386 e. The summed E-state index contributed by atoms with van der Waals surface area (Å²) in [6.45, 7) is 10.7. The molecule has 1 spiro atoms. The molecule has 6 heterocycles. The number of pyridine rings is 1. The lowest BCUT2D eigenvalue weighted by Gasteiger charge is -2.58. The standard InChI is InChI=1S/C33H38N8O2/c1-4-15-39-31(43)26-17-34-32(35-22-6-8-23(9-7-22)38-18-24-16-25(19-38)40(24)20(2)3)37-30(26)41(39)27-10-5-21-11-12-33(13-14-33)29(42)28(21)36-27/h4-10,17,20,24-25,29,42H,1,11-16,18-19H2,2-3H3,(H,34,35,37)/t24?,25?,29-/m1/s1/i29D. The molecule has 5 aliphatic rings. The number of allylic oxidation sites excluding steroid dienone is 1. The SMILES string of the molecule is [2H][C@@]1(O)c2nc(-n3c4nc(Nc5ccc(N6CC7CC(C6)N7C(C)C)cc5)ncc4c(=O)n3CC=C)ccc2CCC12CC2. The molecule has 43 heavy (non-hydrogen) atoms. The first kappa shape index (κ1) is 25.5. The van der Waals surface area contributed by atoms with Gasteiger partial charge in [-0.2, -0.15) is 4.98 Å². The Morgan fingerprint density at radius 2 is 1.91 bits per heavy atom. The lowest BCUT2D eigenvalue weighted by atomic mass is 9.82. The summed E-state index contributed by atoms with van der Waals surface area (Å²) in [6.07, 6.45) is 5.93. The molecule has 10 heteroatoms. The van der Waals surface area contributed by atoms with Crippen molar-refractivity contribution in [2.75, 3.05) is 23.3 Å². The number of hydrogen-bond acceptors (Lipinski definition) is 8. The molecule has 3 saturated heterocycles. The highest BCUT2D eigenvalue weighted by molar-refractivity contribution is 5.77. The largest absolute Gasteiger partial charge is 0.386 e. The summed E-state index contributed by atoms with van der Waals surface area (Å²) < 4.78 is 12.0. The van der Waals surface area contributed by atoms with Crippen LogP contribution < -0.4 is 15.8 Å². The van der Waals surface area contributed by atoms with E-state index < -0.39 is 11.5 Å². The molecule has 0 amide bonds. The van der Waals surface area contributed by atoms with E-state index in [2.05, 4.69) is 52.7 Å². The first-order valence-electron chi connectivity index (χ1n) is 15.9. The predicted molar refractivity (Wildman–Crippen MR) is 167 cm³/mol. The average molecular weight is 580 g/mol. The van der Waals surface area contributed by atoms with Gasteiger partial charge in [0.2, 0.25) is 5.95 Å². The van der Waals surface area contributed by atoms with Gasteiger partial charge < -0.3 is 15.3 Å². The normalized spacial score (nSPS) is 25.9. The van der Waals surface area contributed by atoms with Gasteiger partial charge in [-0.25, -0.2) is 19.3 Å². The molecule has 222 valence electrons. The van der Waals surface area contributed by atoms with Crippen LogP contribution in [0.1, 0.15) is 58.2 Å². The van der Waals surface area contributed by atoms with Crippen molar-refractivity contribution >= 4 is 28.4 Å². The Labute approximate surface area is 252 Å². The Morgan fingerprint density at radius 3 is 2.60 bits per heavy atom. The maximum absolute atomic E-state index is 13.5. The van der Waals surface area contributed by atoms with Gasteiger partial charge in [-0.3, -0.25) is 9.69 Å². The van der Waals surface area contributed by atoms with E-state index in [-0.39, 0.29) is 12.1 Å². The molecular formula is C33H38N8O2. The summed E-state index contributed by atoms with van der Waals surface area (Å²) in [5, 5.41) is 15.0. The highest BCUT2D eigenvalue weighted by Crippen LogP contribution is 2.60. The fourth-order valence-electron chi connectivity index (χ4n) is 7.57. The molecule has 3 aliphatic heterocycles. The monoisotopic (exact) mass is 579 g/mol. The van der Waals surface area contributed by atoms with E-state index in [0.717, 1.165) is 50.0 Å². The third kappa shape index (κ3) is 4.22. The lowest BCUT2D eigenvalue weighted by Crippen LogP contribution is -2.70. The third-order valence-corrected chi connectivity index (χ3v) is 9.95. The van der Waals surface area contributed by atoms with Crippen LogP contribution in [0, 0.1) is 5.41 Å². The Balaban J connectivity index is 1.11. The highest BCUT2D eigenvalue weighted by atomic mass is 16.3. The fraction of sp³-hybridized carbons (Fsp3) is 0.455. The third-order valence-electron chi connectivity index (χ3n) is 9.95. The van der Waals surface area contributed by atoms with Gasteiger partial charge in [0.05, 0.1) is 13.6 Å². The summed E-state index contributed by atoms with van der Waals surface area (Å²) in [4.78, 5) is 32.6. The van der Waals surface area contributed by atoms with Gasteiger partial charge in [-0.05, 0) is 81.8 Å². The van der Waals surface area contributed by atoms with Crippen LogP contribution in [0.5, 0.6) is 0 Å². The number of piperazine rings is 1. The number of hydrogen-bond donors (Lipinski definition) is 2. The first-order valence-corrected chi connectivity index (χ1v) is 15.4. The number of anilines is 3. The lowest BCUT2D eigenvalue weighted by molar-refractivity contribution is -0.0270. The number of aryl methyl sites for hydroxylation is 1. The number of rotatable bonds is 7. The molecular weight excluding hydrogens is 540 g/mol. The predicted octanol–water partition coefficient (Wildman–Crippen LogP) is 4.34. The number of aromatic nitrogens is 5. The number of piperidine rings is 1. The Bertz CT molecular complexity index is 1830. The zero-order chi connectivity index (χ0) is 30.4. The first-order chi connectivity index (χ1) is 21.2. The van der Waals surface area contributed by atoms with Crippen molar-refractivity contribution in [1.82, 2.24) is 29.2 Å². The summed E-state index contributed by atoms with van der Waals surface area (Å²) in [5.74, 6) is 0.777. The highest BCUT2D eigenvalue weighted by Gasteiger charge is 2.52. The van der Waals surface area contributed by atoms with Gasteiger partial charge in [-0.1, -0.05) is 12.1 Å². The van der Waals surface area contributed by atoms with E-state index in [4.69, 9.17) is 11.3 Å². The van der Waals surface area contributed by atoms with Gasteiger partial charge in [0, 0.05) is 54.2 Å². The molecule has 10 nitrogen and oxygen atoms in total. The molecule has 1 saturated carbocycles. The van der Waals surface area contributed by atoms with Crippen LogP contribution in [-0.4, -0.2) is 65.5 Å². The van der Waals surface area contributed by atoms with Crippen LogP contribution >= 0.6 is 0 Å². The van der Waals surface area contributed by atoms with E-state index in [1.807, 2.05) is 24.3 Å². The molecule has 4 fully saturated rings.